The molecule has 1 fully saturated rings. The van der Waals surface area contributed by atoms with Crippen LogP contribution in [-0.4, -0.2) is 49.5 Å². The molecule has 1 heterocycles. The smallest absolute Gasteiger partial charge is 0.262 e. The highest BCUT2D eigenvalue weighted by Crippen LogP contribution is 2.21. The normalized spacial score (nSPS) is 13.5. The molecule has 0 saturated carbocycles. The summed E-state index contributed by atoms with van der Waals surface area (Å²) >= 11 is 9.28. The molecule has 1 saturated heterocycles. The first kappa shape index (κ1) is 23.1. The lowest BCUT2D eigenvalue weighted by molar-refractivity contribution is -0.118. The van der Waals surface area contributed by atoms with Crippen LogP contribution in [0.2, 0.25) is 5.02 Å². The van der Waals surface area contributed by atoms with Gasteiger partial charge in [0.25, 0.3) is 11.8 Å². The highest BCUT2D eigenvalue weighted by atomic mass is 79.9. The third kappa shape index (κ3) is 6.27. The number of rotatable bonds is 6. The summed E-state index contributed by atoms with van der Waals surface area (Å²) in [5.41, 5.74) is 2.41. The number of hydrogen-bond acceptors (Lipinski definition) is 4. The molecule has 8 heteroatoms. The first-order valence-corrected chi connectivity index (χ1v) is 11.7. The lowest BCUT2D eigenvalue weighted by atomic mass is 10.1. The number of amides is 2. The average Bonchev–Trinajstić information content (AvgIpc) is 2.84. The first-order chi connectivity index (χ1) is 16.0. The molecule has 0 aromatic heterocycles. The van der Waals surface area contributed by atoms with Gasteiger partial charge in [0.05, 0.1) is 0 Å². The van der Waals surface area contributed by atoms with Crippen LogP contribution in [0.4, 0.5) is 11.4 Å². The number of benzene rings is 3. The molecule has 0 bridgehead atoms. The molecule has 2 amide bonds. The minimum atomic E-state index is -0.222. The van der Waals surface area contributed by atoms with E-state index in [1.54, 1.807) is 36.4 Å². The number of nitrogens with one attached hydrogen (secondary N) is 1. The molecule has 4 rings (SSSR count). The fraction of sp³-hybridized carbons (Fsp3) is 0.200. The number of anilines is 2. The van der Waals surface area contributed by atoms with Gasteiger partial charge in [-0.2, -0.15) is 0 Å². The van der Waals surface area contributed by atoms with Crippen molar-refractivity contribution >= 4 is 50.7 Å². The maximum absolute atomic E-state index is 12.7. The Kier molecular flexibility index (Phi) is 7.52. The van der Waals surface area contributed by atoms with Crippen molar-refractivity contribution in [2.45, 2.75) is 0 Å². The van der Waals surface area contributed by atoms with E-state index in [4.69, 9.17) is 16.3 Å². The zero-order chi connectivity index (χ0) is 23.2. The lowest BCUT2D eigenvalue weighted by Gasteiger charge is -2.36. The maximum atomic E-state index is 12.7. The second-order valence-electron chi connectivity index (χ2n) is 7.62. The molecular weight excluding hydrogens is 506 g/mol. The summed E-state index contributed by atoms with van der Waals surface area (Å²) < 4.78 is 6.45. The van der Waals surface area contributed by atoms with Gasteiger partial charge in [-0.05, 0) is 72.8 Å². The van der Waals surface area contributed by atoms with Gasteiger partial charge in [-0.25, -0.2) is 0 Å². The van der Waals surface area contributed by atoms with Gasteiger partial charge < -0.3 is 19.9 Å². The summed E-state index contributed by atoms with van der Waals surface area (Å²) in [6.45, 7) is 2.71. The second kappa shape index (κ2) is 10.7. The highest BCUT2D eigenvalue weighted by molar-refractivity contribution is 9.10. The standard InChI is InChI=1S/C25H23BrClN3O3/c26-19-3-11-23(12-4-19)33-17-24(31)28-21-7-9-22(10-8-21)29-13-15-30(16-14-29)25(32)18-1-5-20(27)6-2-18/h1-12H,13-17H2,(H,28,31). The lowest BCUT2D eigenvalue weighted by Crippen LogP contribution is -2.48. The van der Waals surface area contributed by atoms with Crippen molar-refractivity contribution in [3.8, 4) is 5.75 Å². The van der Waals surface area contributed by atoms with Gasteiger partial charge in [0.15, 0.2) is 6.61 Å². The third-order valence-corrected chi connectivity index (χ3v) is 6.14. The Morgan fingerprint density at radius 3 is 2.15 bits per heavy atom. The van der Waals surface area contributed by atoms with Crippen molar-refractivity contribution in [2.75, 3.05) is 43.0 Å². The number of halogens is 2. The van der Waals surface area contributed by atoms with Crippen LogP contribution in [0.1, 0.15) is 10.4 Å². The van der Waals surface area contributed by atoms with Crippen molar-refractivity contribution in [1.29, 1.82) is 0 Å². The number of nitrogens with zero attached hydrogens (tertiary/aromatic N) is 2. The quantitative estimate of drug-likeness (QED) is 0.485. The topological polar surface area (TPSA) is 61.9 Å². The number of ether oxygens (including phenoxy) is 1. The monoisotopic (exact) mass is 527 g/mol. The predicted molar refractivity (Wildman–Crippen MR) is 134 cm³/mol. The molecule has 3 aromatic carbocycles. The Bertz CT molecular complexity index is 1100. The fourth-order valence-corrected chi connectivity index (χ4v) is 3.97. The SMILES string of the molecule is O=C(COc1ccc(Br)cc1)Nc1ccc(N2CCN(C(=O)c3ccc(Cl)cc3)CC2)cc1. The Balaban J connectivity index is 1.25. The Hall–Kier alpha value is -3.03. The average molecular weight is 529 g/mol. The van der Waals surface area contributed by atoms with Gasteiger partial charge in [0.2, 0.25) is 0 Å². The highest BCUT2D eigenvalue weighted by Gasteiger charge is 2.22. The van der Waals surface area contributed by atoms with Crippen LogP contribution in [0.3, 0.4) is 0 Å². The van der Waals surface area contributed by atoms with Gasteiger partial charge in [-0.3, -0.25) is 9.59 Å². The van der Waals surface area contributed by atoms with Crippen LogP contribution in [-0.2, 0) is 4.79 Å². The van der Waals surface area contributed by atoms with Crippen LogP contribution in [0.25, 0.3) is 0 Å². The molecule has 0 unspecified atom stereocenters. The first-order valence-electron chi connectivity index (χ1n) is 10.6. The molecule has 1 aliphatic rings. The summed E-state index contributed by atoms with van der Waals surface area (Å²) in [6, 6.07) is 22.0. The Morgan fingerprint density at radius 1 is 0.879 bits per heavy atom. The third-order valence-electron chi connectivity index (χ3n) is 5.36. The van der Waals surface area contributed by atoms with Crippen molar-refractivity contribution in [1.82, 2.24) is 4.90 Å². The van der Waals surface area contributed by atoms with Gasteiger partial charge in [0.1, 0.15) is 5.75 Å². The van der Waals surface area contributed by atoms with E-state index in [-0.39, 0.29) is 18.4 Å². The number of hydrogen-bond donors (Lipinski definition) is 1. The number of carbonyl (C=O) groups excluding carboxylic acids is 2. The fourth-order valence-electron chi connectivity index (χ4n) is 3.58. The summed E-state index contributed by atoms with van der Waals surface area (Å²) in [5.74, 6) is 0.437. The number of piperazine rings is 1. The van der Waals surface area contributed by atoms with E-state index >= 15 is 0 Å². The number of carbonyl (C=O) groups is 2. The zero-order valence-corrected chi connectivity index (χ0v) is 20.2. The minimum absolute atomic E-state index is 0.0229. The van der Waals surface area contributed by atoms with E-state index in [0.717, 1.165) is 23.2 Å². The summed E-state index contributed by atoms with van der Waals surface area (Å²) in [4.78, 5) is 28.9. The molecular formula is C25H23BrClN3O3. The maximum Gasteiger partial charge on any atom is 0.262 e. The Morgan fingerprint density at radius 2 is 1.52 bits per heavy atom. The predicted octanol–water partition coefficient (Wildman–Crippen LogP) is 5.08. The van der Waals surface area contributed by atoms with E-state index in [2.05, 4.69) is 26.1 Å². The molecule has 3 aromatic rings. The van der Waals surface area contributed by atoms with Crippen molar-refractivity contribution in [3.63, 3.8) is 0 Å². The van der Waals surface area contributed by atoms with E-state index in [1.807, 2.05) is 41.3 Å². The largest absolute Gasteiger partial charge is 0.484 e. The van der Waals surface area contributed by atoms with Gasteiger partial charge in [-0.15, -0.1) is 0 Å². The molecule has 0 radical (unpaired) electrons. The summed E-state index contributed by atoms with van der Waals surface area (Å²) in [6.07, 6.45) is 0. The molecule has 1 aliphatic heterocycles. The van der Waals surface area contributed by atoms with Gasteiger partial charge in [-0.1, -0.05) is 27.5 Å². The van der Waals surface area contributed by atoms with E-state index in [1.165, 1.54) is 0 Å². The Labute approximate surface area is 206 Å². The van der Waals surface area contributed by atoms with E-state index in [9.17, 15) is 9.59 Å². The molecule has 0 atom stereocenters. The van der Waals surface area contributed by atoms with Crippen LogP contribution in [0.5, 0.6) is 5.75 Å². The zero-order valence-electron chi connectivity index (χ0n) is 17.8. The van der Waals surface area contributed by atoms with Crippen LogP contribution >= 0.6 is 27.5 Å². The van der Waals surface area contributed by atoms with Crippen molar-refractivity contribution in [2.24, 2.45) is 0 Å². The molecule has 6 nitrogen and oxygen atoms in total. The van der Waals surface area contributed by atoms with Crippen molar-refractivity contribution in [3.05, 3.63) is 87.9 Å². The van der Waals surface area contributed by atoms with Crippen LogP contribution < -0.4 is 15.0 Å². The molecule has 1 N–H and O–H groups in total. The molecule has 0 spiro atoms. The van der Waals surface area contributed by atoms with Gasteiger partial charge in [0, 0.05) is 52.6 Å². The van der Waals surface area contributed by atoms with E-state index in [0.29, 0.717) is 35.1 Å². The summed E-state index contributed by atoms with van der Waals surface area (Å²) in [5, 5.41) is 3.46. The molecule has 0 aliphatic carbocycles. The van der Waals surface area contributed by atoms with Crippen LogP contribution in [0, 0.1) is 0 Å². The van der Waals surface area contributed by atoms with E-state index < -0.39 is 0 Å². The molecule has 170 valence electrons. The van der Waals surface area contributed by atoms with Crippen LogP contribution in [0.15, 0.2) is 77.3 Å². The van der Waals surface area contributed by atoms with Gasteiger partial charge >= 0.3 is 0 Å². The van der Waals surface area contributed by atoms with Crippen molar-refractivity contribution < 1.29 is 14.3 Å². The minimum Gasteiger partial charge on any atom is -0.484 e. The molecule has 33 heavy (non-hydrogen) atoms. The summed E-state index contributed by atoms with van der Waals surface area (Å²) in [7, 11) is 0. The second-order valence-corrected chi connectivity index (χ2v) is 8.98.